The number of carbonyl (C=O) groups is 1. The van der Waals surface area contributed by atoms with Crippen LogP contribution in [0, 0.1) is 0 Å². The van der Waals surface area contributed by atoms with Gasteiger partial charge in [-0.2, -0.15) is 0 Å². The van der Waals surface area contributed by atoms with Crippen molar-refractivity contribution < 1.29 is 64.6 Å². The van der Waals surface area contributed by atoms with Gasteiger partial charge in [-0.1, -0.05) is 219 Å². The molecular formula is C54H103NO13. The first kappa shape index (κ1) is 62.8. The minimum atomic E-state index is -1.78. The SMILES string of the molecule is CCCCCCCCCCCCC/C=C/[C@@H](O)[C@H](CO[C@@H]1OC(CO)[C@@H](O[C@@H]2OC(CO)[C@@H](O)[C@H](O)C2O)[C@H](O)C1O)NC(=O)CCCCCCCCCCCCCCCCCCCCCCC. The molecule has 0 saturated carbocycles. The van der Waals surface area contributed by atoms with E-state index in [9.17, 15) is 45.6 Å². The van der Waals surface area contributed by atoms with Gasteiger partial charge in [-0.05, 0) is 19.3 Å². The van der Waals surface area contributed by atoms with Crippen molar-refractivity contribution >= 4 is 5.91 Å². The molecule has 9 N–H and O–H groups in total. The Morgan fingerprint density at radius 2 is 0.912 bits per heavy atom. The lowest BCUT2D eigenvalue weighted by molar-refractivity contribution is -0.359. The molecule has 2 heterocycles. The third-order valence-corrected chi connectivity index (χ3v) is 14.0. The number of rotatable bonds is 44. The van der Waals surface area contributed by atoms with Gasteiger partial charge in [-0.3, -0.25) is 4.79 Å². The van der Waals surface area contributed by atoms with Crippen LogP contribution in [0.15, 0.2) is 12.2 Å². The standard InChI is InChI=1S/C54H103NO13/c1-3-5-7-9-11-13-15-17-18-19-20-21-22-23-24-26-28-30-32-34-36-38-46(59)55-42(43(58)37-35-33-31-29-27-25-16-14-12-10-8-6-4-2)41-65-53-51(64)49(62)52(45(40-57)67-53)68-54-50(63)48(61)47(60)44(39-56)66-54/h35,37,42-45,47-54,56-58,60-64H,3-34,36,38-41H2,1-2H3,(H,55,59)/b37-35+/t42-,43+,44?,45?,47+,48-,49+,50?,51?,52+,53+,54-/m0/s1. The number of carbonyl (C=O) groups excluding carboxylic acids is 1. The van der Waals surface area contributed by atoms with Gasteiger partial charge in [0.15, 0.2) is 12.6 Å². The largest absolute Gasteiger partial charge is 0.394 e. The summed E-state index contributed by atoms with van der Waals surface area (Å²) in [5.74, 6) is -0.236. The average Bonchev–Trinajstić information content (AvgIpc) is 3.34. The first-order valence-corrected chi connectivity index (χ1v) is 27.9. The van der Waals surface area contributed by atoms with Crippen molar-refractivity contribution in [1.29, 1.82) is 0 Å². The minimum Gasteiger partial charge on any atom is -0.394 e. The maximum Gasteiger partial charge on any atom is 0.220 e. The quantitative estimate of drug-likeness (QED) is 0.0207. The van der Waals surface area contributed by atoms with Crippen LogP contribution in [0.1, 0.15) is 232 Å². The smallest absolute Gasteiger partial charge is 0.220 e. The summed E-state index contributed by atoms with van der Waals surface area (Å²) in [5.41, 5.74) is 0. The molecule has 14 nitrogen and oxygen atoms in total. The molecule has 0 aliphatic carbocycles. The molecule has 0 radical (unpaired) electrons. The molecule has 402 valence electrons. The van der Waals surface area contributed by atoms with Gasteiger partial charge >= 0.3 is 0 Å². The number of amides is 1. The third-order valence-electron chi connectivity index (χ3n) is 14.0. The second kappa shape index (κ2) is 41.2. The van der Waals surface area contributed by atoms with E-state index in [-0.39, 0.29) is 18.9 Å². The zero-order valence-electron chi connectivity index (χ0n) is 42.9. The van der Waals surface area contributed by atoms with Crippen molar-refractivity contribution in [2.75, 3.05) is 19.8 Å². The van der Waals surface area contributed by atoms with E-state index >= 15 is 0 Å². The monoisotopic (exact) mass is 974 g/mol. The predicted molar refractivity (Wildman–Crippen MR) is 268 cm³/mol. The number of hydrogen-bond acceptors (Lipinski definition) is 13. The highest BCUT2D eigenvalue weighted by Crippen LogP contribution is 2.30. The van der Waals surface area contributed by atoms with Crippen LogP contribution in [-0.2, 0) is 23.7 Å². The Kier molecular flexibility index (Phi) is 38.1. The maximum absolute atomic E-state index is 13.2. The van der Waals surface area contributed by atoms with E-state index in [0.717, 1.165) is 38.5 Å². The molecule has 2 saturated heterocycles. The van der Waals surface area contributed by atoms with Crippen LogP contribution >= 0.6 is 0 Å². The summed E-state index contributed by atoms with van der Waals surface area (Å²) in [6, 6.07) is -0.908. The van der Waals surface area contributed by atoms with Crippen molar-refractivity contribution in [1.82, 2.24) is 5.32 Å². The van der Waals surface area contributed by atoms with Gasteiger partial charge in [0.05, 0.1) is 32.0 Å². The van der Waals surface area contributed by atoms with Crippen LogP contribution in [0.4, 0.5) is 0 Å². The molecule has 0 bridgehead atoms. The lowest BCUT2D eigenvalue weighted by Gasteiger charge is -2.46. The Morgan fingerprint density at radius 3 is 1.35 bits per heavy atom. The summed E-state index contributed by atoms with van der Waals surface area (Å²) in [6.07, 6.45) is 28.2. The Balaban J connectivity index is 1.77. The number of aliphatic hydroxyl groups excluding tert-OH is 8. The van der Waals surface area contributed by atoms with Crippen molar-refractivity contribution in [3.8, 4) is 0 Å². The Bertz CT molecular complexity index is 1200. The number of nitrogens with one attached hydrogen (secondary N) is 1. The highest BCUT2D eigenvalue weighted by molar-refractivity contribution is 5.76. The molecule has 14 heteroatoms. The first-order valence-electron chi connectivity index (χ1n) is 27.9. The van der Waals surface area contributed by atoms with Crippen LogP contribution in [-0.4, -0.2) is 140 Å². The molecule has 0 spiro atoms. The molecule has 2 rings (SSSR count). The molecule has 2 aliphatic heterocycles. The minimum absolute atomic E-state index is 0.236. The Morgan fingerprint density at radius 1 is 0.515 bits per heavy atom. The number of aliphatic hydroxyl groups is 8. The zero-order valence-corrected chi connectivity index (χ0v) is 42.9. The van der Waals surface area contributed by atoms with Gasteiger partial charge in [-0.25, -0.2) is 0 Å². The molecule has 0 aromatic carbocycles. The Hall–Kier alpha value is -1.27. The van der Waals surface area contributed by atoms with E-state index in [1.54, 1.807) is 6.08 Å². The van der Waals surface area contributed by atoms with E-state index in [1.165, 1.54) is 167 Å². The topological polar surface area (TPSA) is 228 Å². The lowest BCUT2D eigenvalue weighted by Crippen LogP contribution is -2.65. The highest BCUT2D eigenvalue weighted by atomic mass is 16.7. The first-order chi connectivity index (χ1) is 33.1. The number of ether oxygens (including phenoxy) is 4. The molecular weight excluding hydrogens is 871 g/mol. The second-order valence-electron chi connectivity index (χ2n) is 20.1. The molecule has 12 atom stereocenters. The average molecular weight is 974 g/mol. The lowest BCUT2D eigenvalue weighted by atomic mass is 9.97. The van der Waals surface area contributed by atoms with Crippen LogP contribution in [0.3, 0.4) is 0 Å². The Labute approximate surface area is 412 Å². The van der Waals surface area contributed by atoms with Gasteiger partial charge in [0, 0.05) is 6.42 Å². The van der Waals surface area contributed by atoms with Gasteiger partial charge in [0.1, 0.15) is 48.8 Å². The molecule has 68 heavy (non-hydrogen) atoms. The summed E-state index contributed by atoms with van der Waals surface area (Å²) in [7, 11) is 0. The van der Waals surface area contributed by atoms with Gasteiger partial charge in [0.25, 0.3) is 0 Å². The van der Waals surface area contributed by atoms with E-state index in [0.29, 0.717) is 6.42 Å². The van der Waals surface area contributed by atoms with Crippen LogP contribution in [0.2, 0.25) is 0 Å². The fraction of sp³-hybridized carbons (Fsp3) is 0.944. The number of unbranched alkanes of at least 4 members (excludes halogenated alkanes) is 31. The summed E-state index contributed by atoms with van der Waals surface area (Å²) in [5, 5.41) is 86.9. The molecule has 4 unspecified atom stereocenters. The van der Waals surface area contributed by atoms with Crippen molar-refractivity contribution in [3.63, 3.8) is 0 Å². The van der Waals surface area contributed by atoms with Crippen LogP contribution < -0.4 is 5.32 Å². The number of hydrogen-bond donors (Lipinski definition) is 9. The zero-order chi connectivity index (χ0) is 49.6. The summed E-state index contributed by atoms with van der Waals surface area (Å²) in [4.78, 5) is 13.2. The van der Waals surface area contributed by atoms with E-state index in [1.807, 2.05) is 6.08 Å². The van der Waals surface area contributed by atoms with Gasteiger partial charge in [-0.15, -0.1) is 0 Å². The van der Waals surface area contributed by atoms with Crippen LogP contribution in [0.25, 0.3) is 0 Å². The second-order valence-corrected chi connectivity index (χ2v) is 20.1. The molecule has 0 aromatic rings. The maximum atomic E-state index is 13.2. The summed E-state index contributed by atoms with van der Waals surface area (Å²) in [6.45, 7) is 2.81. The third kappa shape index (κ3) is 27.5. The molecule has 2 fully saturated rings. The van der Waals surface area contributed by atoms with E-state index < -0.39 is 86.8 Å². The normalized spacial score (nSPS) is 26.4. The highest BCUT2D eigenvalue weighted by Gasteiger charge is 2.51. The molecule has 2 aliphatic rings. The van der Waals surface area contributed by atoms with Crippen LogP contribution in [0.5, 0.6) is 0 Å². The number of allylic oxidation sites excluding steroid dienone is 1. The van der Waals surface area contributed by atoms with E-state index in [4.69, 9.17) is 18.9 Å². The van der Waals surface area contributed by atoms with Gasteiger partial charge in [0.2, 0.25) is 5.91 Å². The van der Waals surface area contributed by atoms with Gasteiger partial charge < -0.3 is 65.1 Å². The molecule has 0 aromatic heterocycles. The van der Waals surface area contributed by atoms with E-state index in [2.05, 4.69) is 19.2 Å². The predicted octanol–water partition coefficient (Wildman–Crippen LogP) is 8.33. The summed E-state index contributed by atoms with van der Waals surface area (Å²) < 4.78 is 22.7. The van der Waals surface area contributed by atoms with Crippen molar-refractivity contribution in [2.24, 2.45) is 0 Å². The molecule has 1 amide bonds. The van der Waals surface area contributed by atoms with Crippen molar-refractivity contribution in [3.05, 3.63) is 12.2 Å². The fourth-order valence-electron chi connectivity index (χ4n) is 9.41. The van der Waals surface area contributed by atoms with Crippen molar-refractivity contribution in [2.45, 2.75) is 306 Å². The fourth-order valence-corrected chi connectivity index (χ4v) is 9.41. The summed E-state index contributed by atoms with van der Waals surface area (Å²) >= 11 is 0.